The van der Waals surface area contributed by atoms with Crippen molar-refractivity contribution in [3.05, 3.63) is 8.57 Å². The zero-order valence-corrected chi connectivity index (χ0v) is 11.4. The minimum absolute atomic E-state index is 0.268. The van der Waals surface area contributed by atoms with Gasteiger partial charge in [0.1, 0.15) is 0 Å². The first-order valence-corrected chi connectivity index (χ1v) is 14.3. The summed E-state index contributed by atoms with van der Waals surface area (Å²) in [6.07, 6.45) is -0.268. The normalized spacial score (nSPS) is 17.2. The first kappa shape index (κ1) is 11.0. The summed E-state index contributed by atoms with van der Waals surface area (Å²) in [5, 5.41) is 9.30. The fraction of sp³-hybridized carbons (Fsp3) is 0.714. The summed E-state index contributed by atoms with van der Waals surface area (Å²) >= 11 is 1.31. The predicted octanol–water partition coefficient (Wildman–Crippen LogP) is 2.52. The zero-order chi connectivity index (χ0) is 8.36. The van der Waals surface area contributed by atoms with Crippen LogP contribution < -0.4 is 0 Å². The van der Waals surface area contributed by atoms with Gasteiger partial charge in [-0.2, -0.15) is 0 Å². The van der Waals surface area contributed by atoms with Crippen LogP contribution in [0.1, 0.15) is 6.92 Å². The molecule has 0 rings (SSSR count). The molecule has 0 aliphatic rings. The van der Waals surface area contributed by atoms with E-state index in [0.29, 0.717) is 0 Å². The Morgan fingerprint density at radius 3 is 1.90 bits per heavy atom. The van der Waals surface area contributed by atoms with E-state index in [1.807, 2.05) is 11.9 Å². The molecular formula is C7H15BrOSn. The van der Waals surface area contributed by atoms with E-state index >= 15 is 0 Å². The fourth-order valence-electron chi connectivity index (χ4n) is 0.881. The first-order valence-electron chi connectivity index (χ1n) is 3.38. The Morgan fingerprint density at radius 2 is 1.90 bits per heavy atom. The molecule has 1 atom stereocenters. The van der Waals surface area contributed by atoms with Crippen molar-refractivity contribution in [2.45, 2.75) is 27.8 Å². The van der Waals surface area contributed by atoms with Gasteiger partial charge >= 0.3 is 75.8 Å². The number of rotatable bonds is 2. The van der Waals surface area contributed by atoms with E-state index in [2.05, 4.69) is 30.7 Å². The molecule has 0 bridgehead atoms. The summed E-state index contributed by atoms with van der Waals surface area (Å²) in [7, 11) is 0. The summed E-state index contributed by atoms with van der Waals surface area (Å²) in [5.74, 6) is 0. The van der Waals surface area contributed by atoms with E-state index in [1.165, 1.54) is 3.59 Å². The van der Waals surface area contributed by atoms with Crippen LogP contribution >= 0.6 is 15.9 Å². The molecule has 3 heteroatoms. The van der Waals surface area contributed by atoms with Crippen LogP contribution in [0.4, 0.5) is 0 Å². The van der Waals surface area contributed by atoms with Crippen LogP contribution in [0.25, 0.3) is 0 Å². The summed E-state index contributed by atoms with van der Waals surface area (Å²) in [5.41, 5.74) is 0. The van der Waals surface area contributed by atoms with E-state index in [9.17, 15) is 5.11 Å². The number of hydrogen-bond acceptors (Lipinski definition) is 1. The van der Waals surface area contributed by atoms with Crippen molar-refractivity contribution in [3.63, 3.8) is 0 Å². The van der Waals surface area contributed by atoms with E-state index in [-0.39, 0.29) is 6.10 Å². The Hall–Kier alpha value is 0.979. The topological polar surface area (TPSA) is 20.2 Å². The van der Waals surface area contributed by atoms with Crippen LogP contribution in [0.5, 0.6) is 0 Å². The Kier molecular flexibility index (Phi) is 4.52. The van der Waals surface area contributed by atoms with Gasteiger partial charge in [0.2, 0.25) is 0 Å². The second-order valence-electron chi connectivity index (χ2n) is 3.49. The molecule has 1 unspecified atom stereocenters. The standard InChI is InChI=1S/C4H6BrO.3CH3.Sn/c1-4(6)2-3-5;;;;/h3-4,6H,1H3;3*1H3;. The Morgan fingerprint density at radius 1 is 1.50 bits per heavy atom. The van der Waals surface area contributed by atoms with Crippen molar-refractivity contribution in [1.82, 2.24) is 0 Å². The maximum atomic E-state index is 9.30. The van der Waals surface area contributed by atoms with E-state index < -0.39 is 18.4 Å². The molecule has 0 saturated carbocycles. The second kappa shape index (κ2) is 4.12. The van der Waals surface area contributed by atoms with Crippen molar-refractivity contribution < 1.29 is 5.11 Å². The van der Waals surface area contributed by atoms with Crippen LogP contribution in [0.2, 0.25) is 14.8 Å². The molecule has 0 spiro atoms. The average Bonchev–Trinajstić information content (AvgIpc) is 1.60. The summed E-state index contributed by atoms with van der Waals surface area (Å²) < 4.78 is 1.23. The molecule has 0 aliphatic heterocycles. The zero-order valence-electron chi connectivity index (χ0n) is 6.98. The molecule has 0 amide bonds. The van der Waals surface area contributed by atoms with Crippen molar-refractivity contribution in [3.8, 4) is 0 Å². The maximum absolute atomic E-state index is 9.30. The monoisotopic (exact) mass is 314 g/mol. The Labute approximate surface area is 75.5 Å². The SMILES string of the molecule is CC(O)/[C](=C/Br)[Sn]([CH3])([CH3])[CH3]. The molecule has 1 N–H and O–H groups in total. The van der Waals surface area contributed by atoms with Crippen LogP contribution in [0, 0.1) is 0 Å². The van der Waals surface area contributed by atoms with Gasteiger partial charge in [0.15, 0.2) is 0 Å². The number of hydrogen-bond donors (Lipinski definition) is 1. The quantitative estimate of drug-likeness (QED) is 0.777. The molecule has 0 aliphatic carbocycles. The van der Waals surface area contributed by atoms with Crippen LogP contribution in [0.15, 0.2) is 8.57 Å². The third-order valence-electron chi connectivity index (χ3n) is 1.43. The molecule has 0 aromatic rings. The minimum atomic E-state index is -1.97. The fourth-order valence-corrected chi connectivity index (χ4v) is 10.4. The van der Waals surface area contributed by atoms with Gasteiger partial charge < -0.3 is 0 Å². The summed E-state index contributed by atoms with van der Waals surface area (Å²) in [6, 6.07) is 0. The van der Waals surface area contributed by atoms with Gasteiger partial charge in [-0.1, -0.05) is 0 Å². The van der Waals surface area contributed by atoms with Crippen molar-refractivity contribution in [2.24, 2.45) is 0 Å². The number of aliphatic hydroxyl groups excluding tert-OH is 1. The van der Waals surface area contributed by atoms with Gasteiger partial charge in [0, 0.05) is 0 Å². The van der Waals surface area contributed by atoms with Gasteiger partial charge in [0.25, 0.3) is 0 Å². The third-order valence-corrected chi connectivity index (χ3v) is 9.68. The third kappa shape index (κ3) is 3.39. The first-order chi connectivity index (χ1) is 4.39. The van der Waals surface area contributed by atoms with Crippen LogP contribution in [-0.2, 0) is 0 Å². The molecule has 0 radical (unpaired) electrons. The van der Waals surface area contributed by atoms with Gasteiger partial charge in [0.05, 0.1) is 0 Å². The van der Waals surface area contributed by atoms with Crippen molar-refractivity contribution in [2.75, 3.05) is 0 Å². The van der Waals surface area contributed by atoms with Crippen molar-refractivity contribution in [1.29, 1.82) is 0 Å². The molecule has 0 fully saturated rings. The van der Waals surface area contributed by atoms with E-state index in [0.717, 1.165) is 0 Å². The predicted molar refractivity (Wildman–Crippen MR) is 52.0 cm³/mol. The Balaban J connectivity index is 4.40. The molecule has 60 valence electrons. The molecule has 0 saturated heterocycles. The molecule has 10 heavy (non-hydrogen) atoms. The average molecular weight is 314 g/mol. The van der Waals surface area contributed by atoms with Gasteiger partial charge in [-0.05, 0) is 0 Å². The van der Waals surface area contributed by atoms with Crippen LogP contribution in [-0.4, -0.2) is 29.6 Å². The van der Waals surface area contributed by atoms with Gasteiger partial charge in [-0.3, -0.25) is 0 Å². The van der Waals surface area contributed by atoms with Gasteiger partial charge in [-0.15, -0.1) is 0 Å². The molecular weight excluding hydrogens is 299 g/mol. The Bertz CT molecular complexity index is 135. The number of halogens is 1. The summed E-state index contributed by atoms with van der Waals surface area (Å²) in [4.78, 5) is 8.76. The molecule has 0 aromatic heterocycles. The van der Waals surface area contributed by atoms with Gasteiger partial charge in [-0.25, -0.2) is 0 Å². The summed E-state index contributed by atoms with van der Waals surface area (Å²) in [6.45, 7) is 1.83. The molecule has 0 aromatic carbocycles. The van der Waals surface area contributed by atoms with E-state index in [1.54, 1.807) is 0 Å². The number of aliphatic hydroxyl groups is 1. The second-order valence-corrected chi connectivity index (χ2v) is 18.4. The molecule has 0 heterocycles. The van der Waals surface area contributed by atoms with Crippen LogP contribution in [0.3, 0.4) is 0 Å². The van der Waals surface area contributed by atoms with E-state index in [4.69, 9.17) is 0 Å². The van der Waals surface area contributed by atoms with Crippen molar-refractivity contribution >= 4 is 34.3 Å². The molecule has 1 nitrogen and oxygen atoms in total.